The first-order valence-electron chi connectivity index (χ1n) is 9.51. The van der Waals surface area contributed by atoms with E-state index in [1.165, 1.54) is 0 Å². The fourth-order valence-electron chi connectivity index (χ4n) is 3.71. The number of ether oxygens (including phenoxy) is 1. The van der Waals surface area contributed by atoms with E-state index in [0.717, 1.165) is 34.1 Å². The number of aldehydes is 1. The molecule has 2 unspecified atom stereocenters. The van der Waals surface area contributed by atoms with Crippen molar-refractivity contribution in [2.75, 3.05) is 0 Å². The van der Waals surface area contributed by atoms with Crippen molar-refractivity contribution < 1.29 is 18.3 Å². The van der Waals surface area contributed by atoms with Gasteiger partial charge in [0.05, 0.1) is 5.92 Å². The van der Waals surface area contributed by atoms with E-state index in [2.05, 4.69) is 0 Å². The topological polar surface area (TPSA) is 92.5 Å². The summed E-state index contributed by atoms with van der Waals surface area (Å²) in [5.41, 5.74) is 10.7. The number of fused-ring (bicyclic) bond motifs is 1. The number of nitrogens with two attached hydrogens (primary N) is 1. The van der Waals surface area contributed by atoms with Crippen LogP contribution in [0.1, 0.15) is 33.7 Å². The maximum absolute atomic E-state index is 12.2. The van der Waals surface area contributed by atoms with Gasteiger partial charge in [-0.1, -0.05) is 77.8 Å². The van der Waals surface area contributed by atoms with Crippen molar-refractivity contribution in [1.29, 1.82) is 0 Å². The third-order valence-corrected chi connectivity index (χ3v) is 5.70. The molecule has 6 heteroatoms. The first kappa shape index (κ1) is 20.2. The maximum Gasteiger partial charge on any atom is 0.139 e. The first-order valence-corrected chi connectivity index (χ1v) is 10.8. The Morgan fingerprint density at radius 1 is 0.967 bits per heavy atom. The van der Waals surface area contributed by atoms with Crippen molar-refractivity contribution in [2.45, 2.75) is 18.2 Å². The number of carbonyl (C=O) groups excluding carboxylic acids is 1. The summed E-state index contributed by atoms with van der Waals surface area (Å²) in [6.07, 6.45) is 0.931. The highest BCUT2D eigenvalue weighted by Crippen LogP contribution is 2.45. The highest BCUT2D eigenvalue weighted by molar-refractivity contribution is 7.78. The quantitative estimate of drug-likeness (QED) is 0.486. The lowest BCUT2D eigenvalue weighted by atomic mass is 9.83. The molecule has 5 nitrogen and oxygen atoms in total. The summed E-state index contributed by atoms with van der Waals surface area (Å²) in [4.78, 5) is 12.2. The monoisotopic (exact) mass is 418 g/mol. The van der Waals surface area contributed by atoms with Crippen molar-refractivity contribution in [3.63, 3.8) is 0 Å². The molecule has 0 aliphatic carbocycles. The Morgan fingerprint density at radius 3 is 2.43 bits per heavy atom. The Balaban J connectivity index is 1.90. The summed E-state index contributed by atoms with van der Waals surface area (Å²) in [5, 5.41) is 0. The summed E-state index contributed by atoms with van der Waals surface area (Å²) in [5.74, 6) is 0.667. The normalized spacial score (nSPS) is 16.5. The molecule has 0 bridgehead atoms. The van der Waals surface area contributed by atoms with E-state index < -0.39 is 17.0 Å². The van der Waals surface area contributed by atoms with Crippen LogP contribution < -0.4 is 10.5 Å². The van der Waals surface area contributed by atoms with E-state index in [0.29, 0.717) is 23.6 Å². The Bertz CT molecular complexity index is 1140. The lowest BCUT2D eigenvalue weighted by molar-refractivity contribution is -0.108. The third-order valence-electron chi connectivity index (χ3n) is 5.13. The number of hydrogen-bond donors (Lipinski definition) is 1. The molecule has 0 saturated heterocycles. The van der Waals surface area contributed by atoms with Gasteiger partial charge in [-0.15, -0.1) is 0 Å². The van der Waals surface area contributed by atoms with Crippen molar-refractivity contribution in [3.05, 3.63) is 101 Å². The lowest BCUT2D eigenvalue weighted by Gasteiger charge is -2.28. The van der Waals surface area contributed by atoms with Crippen LogP contribution in [-0.4, -0.2) is 15.0 Å². The summed E-state index contributed by atoms with van der Waals surface area (Å²) in [6.45, 7) is 0.390. The van der Waals surface area contributed by atoms with Crippen LogP contribution in [0.25, 0.3) is 11.3 Å². The fraction of sp³-hybridized carbons (Fsp3) is 0.125. The van der Waals surface area contributed by atoms with Crippen LogP contribution in [0.2, 0.25) is 0 Å². The highest BCUT2D eigenvalue weighted by atomic mass is 32.2. The summed E-state index contributed by atoms with van der Waals surface area (Å²) >= 11 is -2.16. The summed E-state index contributed by atoms with van der Waals surface area (Å²) in [7, 11) is 0. The Kier molecular flexibility index (Phi) is 5.90. The van der Waals surface area contributed by atoms with Gasteiger partial charge in [-0.25, -0.2) is 0 Å². The maximum atomic E-state index is 12.2. The minimum atomic E-state index is -2.16. The average Bonchev–Trinajstić information content (AvgIpc) is 2.78. The zero-order valence-electron chi connectivity index (χ0n) is 16.1. The van der Waals surface area contributed by atoms with Crippen molar-refractivity contribution in [1.82, 2.24) is 0 Å². The van der Waals surface area contributed by atoms with E-state index in [1.807, 2.05) is 60.7 Å². The Morgan fingerprint density at radius 2 is 1.73 bits per heavy atom. The van der Waals surface area contributed by atoms with Gasteiger partial charge in [0.15, 0.2) is 0 Å². The molecule has 0 fully saturated rings. The third kappa shape index (κ3) is 3.98. The van der Waals surface area contributed by atoms with Crippen LogP contribution in [0.5, 0.6) is 5.75 Å². The molecular formula is C24H20NO4S-. The van der Waals surface area contributed by atoms with Gasteiger partial charge in [-0.3, -0.25) is 4.21 Å². The van der Waals surface area contributed by atoms with Gasteiger partial charge in [-0.05, 0) is 22.8 Å². The molecule has 0 amide bonds. The average molecular weight is 418 g/mol. The van der Waals surface area contributed by atoms with Gasteiger partial charge in [0.2, 0.25) is 0 Å². The van der Waals surface area contributed by atoms with E-state index in [-0.39, 0.29) is 5.75 Å². The molecule has 2 N–H and O–H groups in total. The van der Waals surface area contributed by atoms with E-state index in [9.17, 15) is 13.6 Å². The van der Waals surface area contributed by atoms with E-state index in [4.69, 9.17) is 10.5 Å². The molecule has 152 valence electrons. The van der Waals surface area contributed by atoms with Gasteiger partial charge in [-0.2, -0.15) is 0 Å². The van der Waals surface area contributed by atoms with Crippen molar-refractivity contribution in [2.24, 2.45) is 5.73 Å². The molecular weight excluding hydrogens is 398 g/mol. The number of para-hydroxylation sites is 1. The second-order valence-corrected chi connectivity index (χ2v) is 7.94. The predicted octanol–water partition coefficient (Wildman–Crippen LogP) is 3.77. The second-order valence-electron chi connectivity index (χ2n) is 7.05. The number of rotatable bonds is 6. The molecule has 3 aromatic rings. The van der Waals surface area contributed by atoms with Crippen LogP contribution in [0, 0.1) is 0 Å². The molecule has 0 aromatic heterocycles. The predicted molar refractivity (Wildman–Crippen MR) is 116 cm³/mol. The molecule has 2 atom stereocenters. The van der Waals surface area contributed by atoms with Crippen LogP contribution >= 0.6 is 0 Å². The van der Waals surface area contributed by atoms with E-state index in [1.54, 1.807) is 12.1 Å². The van der Waals surface area contributed by atoms with Crippen molar-refractivity contribution >= 4 is 28.7 Å². The van der Waals surface area contributed by atoms with Crippen molar-refractivity contribution in [3.8, 4) is 5.75 Å². The largest absolute Gasteiger partial charge is 0.772 e. The minimum Gasteiger partial charge on any atom is -0.772 e. The van der Waals surface area contributed by atoms with Gasteiger partial charge in [0, 0.05) is 29.0 Å². The number of benzene rings is 3. The highest BCUT2D eigenvalue weighted by Gasteiger charge is 2.31. The molecule has 1 aliphatic rings. The fourth-order valence-corrected chi connectivity index (χ4v) is 4.18. The zero-order chi connectivity index (χ0) is 21.1. The van der Waals surface area contributed by atoms with Gasteiger partial charge in [0.25, 0.3) is 0 Å². The molecule has 0 spiro atoms. The number of carbonyl (C=O) groups is 1. The molecule has 4 rings (SSSR count). The second kappa shape index (κ2) is 8.75. The van der Waals surface area contributed by atoms with Crippen LogP contribution in [-0.2, 0) is 28.2 Å². The molecule has 30 heavy (non-hydrogen) atoms. The Labute approximate surface area is 177 Å². The lowest BCUT2D eigenvalue weighted by Crippen LogP contribution is -2.16. The molecule has 3 aromatic carbocycles. The minimum absolute atomic E-state index is 0.0502. The summed E-state index contributed by atoms with van der Waals surface area (Å²) in [6, 6.07) is 22.4. The van der Waals surface area contributed by atoms with Gasteiger partial charge < -0.3 is 19.8 Å². The molecule has 1 aliphatic heterocycles. The number of allylic oxidation sites excluding steroid dienone is 1. The first-order chi connectivity index (χ1) is 14.6. The standard InChI is InChI=1S/C24H21NO4S/c25-13-17-4-3-5-19(12-17)23-21(14-26)20-6-1-2-7-22(20)29-24(23)18-10-8-16(9-11-18)15-30(27)28/h1-12,14,21H,13,15,25H2,(H,27,28)/p-1. The SMILES string of the molecule is NCc1cccc(C2=C(c3ccc(CS(=O)[O-])cc3)Oc3ccccc3C2C=O)c1. The summed E-state index contributed by atoms with van der Waals surface area (Å²) < 4.78 is 28.3. The number of hydrogen-bond acceptors (Lipinski definition) is 5. The molecule has 0 radical (unpaired) electrons. The van der Waals surface area contributed by atoms with Gasteiger partial charge >= 0.3 is 0 Å². The van der Waals surface area contributed by atoms with Crippen LogP contribution in [0.3, 0.4) is 0 Å². The zero-order valence-corrected chi connectivity index (χ0v) is 16.9. The molecule has 1 heterocycles. The van der Waals surface area contributed by atoms with Crippen LogP contribution in [0.15, 0.2) is 72.8 Å². The Hall–Kier alpha value is -3.06. The van der Waals surface area contributed by atoms with E-state index >= 15 is 0 Å². The smallest absolute Gasteiger partial charge is 0.139 e. The molecule has 0 saturated carbocycles. The van der Waals surface area contributed by atoms with Crippen LogP contribution in [0.4, 0.5) is 0 Å². The van der Waals surface area contributed by atoms with Gasteiger partial charge in [0.1, 0.15) is 17.8 Å².